The lowest BCUT2D eigenvalue weighted by Crippen LogP contribution is -2.38. The number of halogens is 1. The van der Waals surface area contributed by atoms with Crippen LogP contribution in [0.1, 0.15) is 32.6 Å². The van der Waals surface area contributed by atoms with Crippen LogP contribution in [-0.4, -0.2) is 30.6 Å². The molecule has 0 radical (unpaired) electrons. The predicted octanol–water partition coefficient (Wildman–Crippen LogP) is 5.83. The number of benzene rings is 2. The lowest BCUT2D eigenvalue weighted by molar-refractivity contribution is 0.193. The third-order valence-corrected chi connectivity index (χ3v) is 4.29. The molecule has 2 rings (SSSR count). The van der Waals surface area contributed by atoms with Gasteiger partial charge in [-0.15, -0.1) is 0 Å². The zero-order valence-corrected chi connectivity index (χ0v) is 16.0. The van der Waals surface area contributed by atoms with Gasteiger partial charge in [0.15, 0.2) is 0 Å². The average molecular weight is 375 g/mol. The van der Waals surface area contributed by atoms with Crippen molar-refractivity contribution in [3.63, 3.8) is 0 Å². The second-order valence-corrected chi connectivity index (χ2v) is 6.58. The first-order valence-corrected chi connectivity index (χ1v) is 9.56. The van der Waals surface area contributed by atoms with Gasteiger partial charge in [-0.2, -0.15) is 0 Å². The van der Waals surface area contributed by atoms with Crippen molar-refractivity contribution in [1.29, 1.82) is 0 Å². The minimum absolute atomic E-state index is 0.111. The molecular weight excluding hydrogens is 348 g/mol. The van der Waals surface area contributed by atoms with E-state index in [2.05, 4.69) is 12.2 Å². The molecule has 0 saturated heterocycles. The summed E-state index contributed by atoms with van der Waals surface area (Å²) < 4.78 is 5.74. The Kier molecular flexibility index (Phi) is 8.84. The second-order valence-electron chi connectivity index (χ2n) is 6.15. The molecule has 2 aromatic carbocycles. The number of unbranched alkanes of at least 4 members (excludes halogenated alkanes) is 3. The summed E-state index contributed by atoms with van der Waals surface area (Å²) in [5.74, 6) is 0.816. The van der Waals surface area contributed by atoms with Crippen LogP contribution in [0.15, 0.2) is 54.6 Å². The van der Waals surface area contributed by atoms with E-state index in [-0.39, 0.29) is 6.03 Å². The van der Waals surface area contributed by atoms with Gasteiger partial charge in [0.2, 0.25) is 0 Å². The number of amides is 2. The van der Waals surface area contributed by atoms with Crippen molar-refractivity contribution in [2.75, 3.05) is 25.0 Å². The van der Waals surface area contributed by atoms with E-state index in [1.165, 1.54) is 12.8 Å². The molecule has 4 nitrogen and oxygen atoms in total. The second kappa shape index (κ2) is 11.4. The molecule has 26 heavy (non-hydrogen) atoms. The highest BCUT2D eigenvalue weighted by molar-refractivity contribution is 6.30. The van der Waals surface area contributed by atoms with Gasteiger partial charge in [-0.1, -0.05) is 56.0 Å². The third-order valence-electron chi connectivity index (χ3n) is 4.04. The molecule has 0 heterocycles. The summed E-state index contributed by atoms with van der Waals surface area (Å²) in [6.07, 6.45) is 4.48. The number of ether oxygens (including phenoxy) is 1. The van der Waals surface area contributed by atoms with Gasteiger partial charge < -0.3 is 15.0 Å². The Hall–Kier alpha value is -2.20. The van der Waals surface area contributed by atoms with Crippen molar-refractivity contribution < 1.29 is 9.53 Å². The summed E-state index contributed by atoms with van der Waals surface area (Å²) in [7, 11) is 0. The van der Waals surface area contributed by atoms with Crippen LogP contribution in [0.25, 0.3) is 0 Å². The van der Waals surface area contributed by atoms with Crippen LogP contribution in [0.3, 0.4) is 0 Å². The summed E-state index contributed by atoms with van der Waals surface area (Å²) >= 11 is 5.90. The Balaban J connectivity index is 1.88. The van der Waals surface area contributed by atoms with E-state index < -0.39 is 0 Å². The molecule has 2 amide bonds. The molecule has 0 unspecified atom stereocenters. The minimum atomic E-state index is -0.111. The van der Waals surface area contributed by atoms with Gasteiger partial charge >= 0.3 is 6.03 Å². The number of nitrogens with one attached hydrogen (secondary N) is 1. The molecule has 0 atom stereocenters. The fraction of sp³-hybridized carbons (Fsp3) is 0.381. The van der Waals surface area contributed by atoms with Crippen LogP contribution in [0.2, 0.25) is 5.02 Å². The van der Waals surface area contributed by atoms with Gasteiger partial charge in [-0.3, -0.25) is 0 Å². The molecule has 0 spiro atoms. The number of para-hydroxylation sites is 1. The highest BCUT2D eigenvalue weighted by Gasteiger charge is 2.13. The number of hydrogen-bond donors (Lipinski definition) is 1. The summed E-state index contributed by atoms with van der Waals surface area (Å²) in [4.78, 5) is 14.4. The van der Waals surface area contributed by atoms with E-state index >= 15 is 0 Å². The predicted molar refractivity (Wildman–Crippen MR) is 108 cm³/mol. The quantitative estimate of drug-likeness (QED) is 0.531. The van der Waals surface area contributed by atoms with Crippen LogP contribution in [0.5, 0.6) is 5.75 Å². The van der Waals surface area contributed by atoms with Gasteiger partial charge in [0, 0.05) is 17.3 Å². The smallest absolute Gasteiger partial charge is 0.321 e. The number of carbonyl (C=O) groups is 1. The molecule has 0 bridgehead atoms. The maximum atomic E-state index is 12.6. The lowest BCUT2D eigenvalue weighted by Gasteiger charge is -2.23. The Morgan fingerprint density at radius 1 is 1.00 bits per heavy atom. The van der Waals surface area contributed by atoms with E-state index in [1.807, 2.05) is 35.2 Å². The maximum absolute atomic E-state index is 12.6. The highest BCUT2D eigenvalue weighted by atomic mass is 35.5. The van der Waals surface area contributed by atoms with Crippen LogP contribution in [-0.2, 0) is 0 Å². The molecule has 0 aliphatic carbocycles. The molecule has 0 aromatic heterocycles. The first-order chi connectivity index (χ1) is 12.7. The normalized spacial score (nSPS) is 10.4. The first kappa shape index (κ1) is 20.1. The number of hydrogen-bond acceptors (Lipinski definition) is 2. The number of nitrogens with zero attached hydrogens (tertiary/aromatic N) is 1. The van der Waals surface area contributed by atoms with E-state index in [0.717, 1.165) is 30.8 Å². The largest absolute Gasteiger partial charge is 0.492 e. The van der Waals surface area contributed by atoms with Crippen LogP contribution < -0.4 is 10.1 Å². The summed E-state index contributed by atoms with van der Waals surface area (Å²) in [6.45, 7) is 3.91. The molecule has 5 heteroatoms. The number of carbonyl (C=O) groups excluding carboxylic acids is 1. The summed E-state index contributed by atoms with van der Waals surface area (Å²) in [6, 6.07) is 16.7. The monoisotopic (exact) mass is 374 g/mol. The molecule has 0 fully saturated rings. The fourth-order valence-corrected chi connectivity index (χ4v) is 2.70. The van der Waals surface area contributed by atoms with Gasteiger partial charge in [0.1, 0.15) is 12.4 Å². The summed E-state index contributed by atoms with van der Waals surface area (Å²) in [5.41, 5.74) is 0.738. The molecule has 1 N–H and O–H groups in total. The zero-order valence-electron chi connectivity index (χ0n) is 15.3. The summed E-state index contributed by atoms with van der Waals surface area (Å²) in [5, 5.41) is 3.58. The molecule has 0 aliphatic heterocycles. The minimum Gasteiger partial charge on any atom is -0.492 e. The van der Waals surface area contributed by atoms with Gasteiger partial charge in [0.05, 0.1) is 6.54 Å². The Bertz CT molecular complexity index is 647. The van der Waals surface area contributed by atoms with E-state index in [9.17, 15) is 4.79 Å². The lowest BCUT2D eigenvalue weighted by atomic mass is 10.2. The molecule has 0 aliphatic rings. The Labute approximate surface area is 161 Å². The van der Waals surface area contributed by atoms with Crippen molar-refractivity contribution >= 4 is 23.3 Å². The van der Waals surface area contributed by atoms with Crippen molar-refractivity contribution in [1.82, 2.24) is 4.90 Å². The third kappa shape index (κ3) is 7.36. The number of rotatable bonds is 10. The molecule has 2 aromatic rings. The first-order valence-electron chi connectivity index (χ1n) is 9.18. The van der Waals surface area contributed by atoms with Crippen LogP contribution in [0, 0.1) is 0 Å². The maximum Gasteiger partial charge on any atom is 0.321 e. The fourth-order valence-electron chi connectivity index (χ4n) is 2.57. The molecule has 140 valence electrons. The van der Waals surface area contributed by atoms with Gasteiger partial charge in [0.25, 0.3) is 0 Å². The van der Waals surface area contributed by atoms with Crippen LogP contribution in [0.4, 0.5) is 10.5 Å². The van der Waals surface area contributed by atoms with E-state index in [1.54, 1.807) is 24.3 Å². The van der Waals surface area contributed by atoms with Crippen molar-refractivity contribution in [2.45, 2.75) is 32.6 Å². The number of urea groups is 1. The topological polar surface area (TPSA) is 41.6 Å². The average Bonchev–Trinajstić information content (AvgIpc) is 2.66. The van der Waals surface area contributed by atoms with Crippen LogP contribution >= 0.6 is 11.6 Å². The number of anilines is 1. The van der Waals surface area contributed by atoms with E-state index in [4.69, 9.17) is 16.3 Å². The molecule has 0 saturated carbocycles. The SMILES string of the molecule is CCCCCCN(CCOc1ccccc1)C(=O)Nc1ccc(Cl)cc1. The standard InChI is InChI=1S/C21H27ClN2O2/c1-2-3-4-8-15-24(16-17-26-20-9-6-5-7-10-20)21(25)23-19-13-11-18(22)12-14-19/h5-7,9-14H,2-4,8,15-17H2,1H3,(H,23,25). The van der Waals surface area contributed by atoms with Crippen molar-refractivity contribution in [3.05, 3.63) is 59.6 Å². The Morgan fingerprint density at radius 3 is 2.42 bits per heavy atom. The Morgan fingerprint density at radius 2 is 1.73 bits per heavy atom. The molecular formula is C21H27ClN2O2. The van der Waals surface area contributed by atoms with Crippen molar-refractivity contribution in [2.24, 2.45) is 0 Å². The highest BCUT2D eigenvalue weighted by Crippen LogP contribution is 2.14. The van der Waals surface area contributed by atoms with Gasteiger partial charge in [-0.05, 0) is 42.8 Å². The van der Waals surface area contributed by atoms with Crippen molar-refractivity contribution in [3.8, 4) is 5.75 Å². The zero-order chi connectivity index (χ0) is 18.6. The van der Waals surface area contributed by atoms with E-state index in [0.29, 0.717) is 18.2 Å². The van der Waals surface area contributed by atoms with Gasteiger partial charge in [-0.25, -0.2) is 4.79 Å².